The van der Waals surface area contributed by atoms with Gasteiger partial charge in [0.25, 0.3) is 0 Å². The van der Waals surface area contributed by atoms with Crippen LogP contribution in [0, 0.1) is 0 Å². The van der Waals surface area contributed by atoms with E-state index < -0.39 is 4.11 Å². The number of alkyl halides is 1. The minimum absolute atomic E-state index is 0. The maximum atomic E-state index is 9.86. The van der Waals surface area contributed by atoms with Crippen LogP contribution in [0.15, 0.2) is 0 Å². The molecule has 1 atom stereocenters. The molecule has 0 aliphatic carbocycles. The fraction of sp³-hybridized carbons (Fsp3) is 0.667. The Labute approximate surface area is 78.1 Å². The van der Waals surface area contributed by atoms with Gasteiger partial charge in [0.05, 0.1) is 0 Å². The summed E-state index contributed by atoms with van der Waals surface area (Å²) in [7, 11) is 0. The molecule has 0 radical (unpaired) electrons. The summed E-state index contributed by atoms with van der Waals surface area (Å²) < 4.78 is -1.07. The number of ketones is 1. The van der Waals surface area contributed by atoms with E-state index in [-0.39, 0.29) is 35.3 Å². The minimum atomic E-state index is -1.07. The van der Waals surface area contributed by atoms with Gasteiger partial charge in [-0.15, -0.1) is 0 Å². The first-order chi connectivity index (χ1) is 2.64. The molecular weight excluding hydrogens is 218 g/mol. The van der Waals surface area contributed by atoms with E-state index in [0.29, 0.717) is 0 Å². The summed E-state index contributed by atoms with van der Waals surface area (Å²) in [5, 5.41) is 9.86. The monoisotopic (exact) mass is 222 g/mol. The molecule has 7 heavy (non-hydrogen) atoms. The van der Waals surface area contributed by atoms with Gasteiger partial charge >= 0.3 is 29.6 Å². The van der Waals surface area contributed by atoms with Crippen LogP contribution in [0.3, 0.4) is 0 Å². The maximum Gasteiger partial charge on any atom is 1.00 e. The van der Waals surface area contributed by atoms with E-state index in [9.17, 15) is 9.90 Å². The first kappa shape index (κ1) is 11.2. The van der Waals surface area contributed by atoms with Crippen molar-refractivity contribution in [1.29, 1.82) is 0 Å². The molecule has 0 aliphatic rings. The normalized spacial score (nSPS) is 11.9. The van der Waals surface area contributed by atoms with Gasteiger partial charge in [0.15, 0.2) is 0 Å². The molecule has 36 valence electrons. The molecule has 0 saturated carbocycles. The second-order valence-corrected chi connectivity index (χ2v) is 2.06. The van der Waals surface area contributed by atoms with E-state index in [1.807, 2.05) is 0 Å². The zero-order valence-electron chi connectivity index (χ0n) is 4.27. The van der Waals surface area contributed by atoms with Gasteiger partial charge in [-0.2, -0.15) is 0 Å². The number of halogens is 1. The van der Waals surface area contributed by atoms with Crippen LogP contribution in [0.1, 0.15) is 6.92 Å². The van der Waals surface area contributed by atoms with Crippen LogP contribution in [-0.4, -0.2) is 9.89 Å². The quantitative estimate of drug-likeness (QED) is 0.265. The molecule has 0 aromatic carbocycles. The van der Waals surface area contributed by atoms with Gasteiger partial charge in [-0.25, -0.2) is 0 Å². The first-order valence-corrected chi connectivity index (χ1v) is 2.69. The third-order valence-corrected chi connectivity index (χ3v) is 1.20. The van der Waals surface area contributed by atoms with Gasteiger partial charge in [-0.1, -0.05) is 22.6 Å². The molecule has 0 aromatic heterocycles. The van der Waals surface area contributed by atoms with E-state index in [4.69, 9.17) is 0 Å². The Bertz CT molecular complexity index is 64.0. The molecule has 4 heteroatoms. The Morgan fingerprint density at radius 1 is 1.86 bits per heavy atom. The predicted octanol–water partition coefficient (Wildman–Crippen LogP) is -3.30. The van der Waals surface area contributed by atoms with E-state index in [1.54, 1.807) is 0 Å². The topological polar surface area (TPSA) is 40.1 Å². The predicted molar refractivity (Wildman–Crippen MR) is 28.5 cm³/mol. The Balaban J connectivity index is 0. The summed E-state index contributed by atoms with van der Waals surface area (Å²) in [5.74, 6) is -0.310. The molecule has 0 rings (SSSR count). The fourth-order valence-corrected chi connectivity index (χ4v) is 0. The largest absolute Gasteiger partial charge is 1.00 e. The molecular formula is C3H4INaO2. The SMILES string of the molecule is CC(=O)C([O-])I.[Na+]. The maximum absolute atomic E-state index is 9.86. The van der Waals surface area contributed by atoms with Crippen molar-refractivity contribution >= 4 is 28.4 Å². The van der Waals surface area contributed by atoms with Crippen LogP contribution < -0.4 is 34.7 Å². The van der Waals surface area contributed by atoms with Crippen LogP contribution >= 0.6 is 22.6 Å². The van der Waals surface area contributed by atoms with Gasteiger partial charge in [0, 0.05) is 0 Å². The van der Waals surface area contributed by atoms with E-state index in [1.165, 1.54) is 29.5 Å². The van der Waals surface area contributed by atoms with Crippen LogP contribution in [0.25, 0.3) is 0 Å². The number of hydrogen-bond donors (Lipinski definition) is 0. The average Bonchev–Trinajstić information content (AvgIpc) is 1.36. The molecule has 0 N–H and O–H groups in total. The van der Waals surface area contributed by atoms with Gasteiger partial charge in [-0.05, 0) is 11.0 Å². The summed E-state index contributed by atoms with van der Waals surface area (Å²) >= 11 is 1.53. The third-order valence-electron chi connectivity index (χ3n) is 0.320. The molecule has 0 amide bonds. The smallest absolute Gasteiger partial charge is 0.839 e. The standard InChI is InChI=1S/C3H4IO2.Na/c1-2(5)3(4)6;/h3H,1H3;/q-1;+1. The molecule has 2 nitrogen and oxygen atoms in total. The van der Waals surface area contributed by atoms with Crippen molar-refractivity contribution in [2.24, 2.45) is 0 Å². The first-order valence-electron chi connectivity index (χ1n) is 1.45. The van der Waals surface area contributed by atoms with Crippen molar-refractivity contribution in [3.8, 4) is 0 Å². The number of carbonyl (C=O) groups is 1. The van der Waals surface area contributed by atoms with Crippen LogP contribution in [0.5, 0.6) is 0 Å². The number of carbonyl (C=O) groups excluding carboxylic acids is 1. The summed E-state index contributed by atoms with van der Waals surface area (Å²) in [4.78, 5) is 9.82. The molecule has 0 bridgehead atoms. The van der Waals surface area contributed by atoms with Crippen molar-refractivity contribution in [2.45, 2.75) is 11.0 Å². The van der Waals surface area contributed by atoms with Crippen LogP contribution in [0.2, 0.25) is 0 Å². The van der Waals surface area contributed by atoms with Crippen molar-refractivity contribution in [1.82, 2.24) is 0 Å². The Hall–Kier alpha value is 1.36. The Morgan fingerprint density at radius 2 is 2.00 bits per heavy atom. The van der Waals surface area contributed by atoms with Crippen LogP contribution in [0.4, 0.5) is 0 Å². The molecule has 0 heterocycles. The van der Waals surface area contributed by atoms with Crippen molar-refractivity contribution < 1.29 is 39.5 Å². The minimum Gasteiger partial charge on any atom is -0.839 e. The second-order valence-electron chi connectivity index (χ2n) is 0.927. The van der Waals surface area contributed by atoms with Crippen LogP contribution in [-0.2, 0) is 4.79 Å². The Morgan fingerprint density at radius 3 is 2.00 bits per heavy atom. The molecule has 0 aliphatic heterocycles. The molecule has 0 spiro atoms. The zero-order chi connectivity index (χ0) is 5.15. The van der Waals surface area contributed by atoms with E-state index >= 15 is 0 Å². The molecule has 0 fully saturated rings. The van der Waals surface area contributed by atoms with Gasteiger partial charge < -0.3 is 9.90 Å². The number of rotatable bonds is 1. The van der Waals surface area contributed by atoms with Gasteiger partial charge in [0.1, 0.15) is 5.78 Å². The van der Waals surface area contributed by atoms with Crippen molar-refractivity contribution in [3.63, 3.8) is 0 Å². The summed E-state index contributed by atoms with van der Waals surface area (Å²) in [6.45, 7) is 1.28. The summed E-state index contributed by atoms with van der Waals surface area (Å²) in [6, 6.07) is 0. The van der Waals surface area contributed by atoms with E-state index in [2.05, 4.69) is 0 Å². The number of hydrogen-bond acceptors (Lipinski definition) is 2. The molecule has 0 saturated heterocycles. The van der Waals surface area contributed by atoms with E-state index in [0.717, 1.165) is 0 Å². The number of Topliss-reactive ketones (excluding diaryl/α,β-unsaturated/α-hetero) is 1. The fourth-order valence-electron chi connectivity index (χ4n) is 0. The van der Waals surface area contributed by atoms with Gasteiger partial charge in [0.2, 0.25) is 0 Å². The average molecular weight is 222 g/mol. The summed E-state index contributed by atoms with van der Waals surface area (Å²) in [5.41, 5.74) is 0. The molecule has 1 unspecified atom stereocenters. The van der Waals surface area contributed by atoms with Gasteiger partial charge in [-0.3, -0.25) is 0 Å². The third kappa shape index (κ3) is 7.36. The van der Waals surface area contributed by atoms with Crippen molar-refractivity contribution in [3.05, 3.63) is 0 Å². The van der Waals surface area contributed by atoms with Crippen molar-refractivity contribution in [2.75, 3.05) is 0 Å². The zero-order valence-corrected chi connectivity index (χ0v) is 8.43. The Kier molecular flexibility index (Phi) is 8.79. The molecule has 0 aromatic rings. The second kappa shape index (κ2) is 5.50. The summed E-state index contributed by atoms with van der Waals surface area (Å²) in [6.07, 6.45) is 0.